The summed E-state index contributed by atoms with van der Waals surface area (Å²) in [6.07, 6.45) is 0.572. The number of hydrogen-bond acceptors (Lipinski definition) is 4. The van der Waals surface area contributed by atoms with Crippen LogP contribution in [-0.2, 0) is 27.9 Å². The molecule has 0 aliphatic rings. The van der Waals surface area contributed by atoms with Gasteiger partial charge in [0.1, 0.15) is 5.82 Å². The molecule has 0 saturated heterocycles. The van der Waals surface area contributed by atoms with Crippen molar-refractivity contribution >= 4 is 38.0 Å². The molecule has 1 amide bonds. The van der Waals surface area contributed by atoms with Crippen LogP contribution in [0.1, 0.15) is 29.3 Å². The maximum atomic E-state index is 13.6. The number of carbonyl (C=O) groups excluding carboxylic acids is 1. The molecule has 0 aliphatic carbocycles. The van der Waals surface area contributed by atoms with Crippen molar-refractivity contribution in [3.8, 4) is 0 Å². The third-order valence-electron chi connectivity index (χ3n) is 6.09. The first-order valence-corrected chi connectivity index (χ1v) is 14.1. The molecule has 4 rings (SSSR count). The van der Waals surface area contributed by atoms with Gasteiger partial charge in [0.2, 0.25) is 15.9 Å². The van der Waals surface area contributed by atoms with Crippen molar-refractivity contribution in [3.63, 3.8) is 0 Å². The van der Waals surface area contributed by atoms with Gasteiger partial charge in [0.25, 0.3) is 0 Å². The van der Waals surface area contributed by atoms with E-state index in [0.717, 1.165) is 26.8 Å². The van der Waals surface area contributed by atoms with Crippen LogP contribution >= 0.6 is 11.3 Å². The largest absolute Gasteiger partial charge is 0.332 e. The van der Waals surface area contributed by atoms with E-state index in [2.05, 4.69) is 0 Å². The van der Waals surface area contributed by atoms with Crippen LogP contribution in [0.5, 0.6) is 0 Å². The zero-order valence-electron chi connectivity index (χ0n) is 20.4. The third-order valence-corrected chi connectivity index (χ3v) is 8.93. The number of carbonyl (C=O) groups is 1. The second-order valence-electron chi connectivity index (χ2n) is 8.75. The first-order valence-electron chi connectivity index (χ1n) is 11.8. The summed E-state index contributed by atoms with van der Waals surface area (Å²) in [5, 5.41) is 3.75. The molecule has 0 radical (unpaired) electrons. The molecule has 0 aliphatic heterocycles. The molecule has 0 fully saturated rings. The molecule has 188 valence electrons. The number of fused-ring (bicyclic) bond motifs is 1. The molecule has 0 saturated carbocycles. The summed E-state index contributed by atoms with van der Waals surface area (Å²) in [6.45, 7) is 4.44. The van der Waals surface area contributed by atoms with Crippen molar-refractivity contribution < 1.29 is 17.6 Å². The Labute approximate surface area is 215 Å². The summed E-state index contributed by atoms with van der Waals surface area (Å²) in [5.41, 5.74) is 1.85. The van der Waals surface area contributed by atoms with Gasteiger partial charge in [-0.2, -0.15) is 4.31 Å². The standard InChI is InChI=1S/C28H29FN2O3S2/c1-3-15-31(36(33,34)26-13-10-23-6-4-5-7-24(23)17-26)20-28(32)30(19-27-21(2)14-16-35-27)18-22-8-11-25(29)12-9-22/h4-14,16-17H,3,15,18-20H2,1-2H3. The van der Waals surface area contributed by atoms with Crippen LogP contribution < -0.4 is 0 Å². The highest BCUT2D eigenvalue weighted by atomic mass is 32.2. The average molecular weight is 525 g/mol. The van der Waals surface area contributed by atoms with Crippen molar-refractivity contribution in [1.82, 2.24) is 9.21 Å². The quantitative estimate of drug-likeness (QED) is 0.257. The number of hydrogen-bond donors (Lipinski definition) is 0. The lowest BCUT2D eigenvalue weighted by Gasteiger charge is -2.27. The van der Waals surface area contributed by atoms with Crippen LogP contribution in [0.15, 0.2) is 83.1 Å². The van der Waals surface area contributed by atoms with Gasteiger partial charge in [0, 0.05) is 18.0 Å². The average Bonchev–Trinajstić information content (AvgIpc) is 3.28. The molecule has 4 aromatic rings. The molecular formula is C28H29FN2O3S2. The Morgan fingerprint density at radius 2 is 1.67 bits per heavy atom. The summed E-state index contributed by atoms with van der Waals surface area (Å²) in [6, 6.07) is 20.6. The molecule has 0 bridgehead atoms. The molecule has 0 unspecified atom stereocenters. The van der Waals surface area contributed by atoms with E-state index in [1.54, 1.807) is 46.6 Å². The van der Waals surface area contributed by atoms with Gasteiger partial charge in [-0.05, 0) is 71.0 Å². The Morgan fingerprint density at radius 3 is 2.33 bits per heavy atom. The minimum absolute atomic E-state index is 0.168. The van der Waals surface area contributed by atoms with Crippen molar-refractivity contribution in [2.45, 2.75) is 38.3 Å². The van der Waals surface area contributed by atoms with E-state index in [1.807, 2.05) is 49.6 Å². The van der Waals surface area contributed by atoms with E-state index < -0.39 is 10.0 Å². The Morgan fingerprint density at radius 1 is 0.944 bits per heavy atom. The molecule has 3 aromatic carbocycles. The fraction of sp³-hybridized carbons (Fsp3) is 0.250. The predicted octanol–water partition coefficient (Wildman–Crippen LogP) is 5.98. The Hall–Kier alpha value is -3.07. The second kappa shape index (κ2) is 11.3. The van der Waals surface area contributed by atoms with Gasteiger partial charge in [-0.15, -0.1) is 11.3 Å². The fourth-order valence-corrected chi connectivity index (χ4v) is 6.48. The van der Waals surface area contributed by atoms with Crippen LogP contribution in [0.2, 0.25) is 0 Å². The van der Waals surface area contributed by atoms with Gasteiger partial charge in [-0.3, -0.25) is 4.79 Å². The lowest BCUT2D eigenvalue weighted by Crippen LogP contribution is -2.42. The summed E-state index contributed by atoms with van der Waals surface area (Å²) in [4.78, 5) is 16.4. The normalized spacial score (nSPS) is 11.8. The number of aryl methyl sites for hydroxylation is 1. The molecule has 0 N–H and O–H groups in total. The van der Waals surface area contributed by atoms with E-state index >= 15 is 0 Å². The topological polar surface area (TPSA) is 57.7 Å². The van der Waals surface area contributed by atoms with E-state index in [0.29, 0.717) is 13.0 Å². The van der Waals surface area contributed by atoms with Gasteiger partial charge in [-0.1, -0.05) is 49.4 Å². The maximum Gasteiger partial charge on any atom is 0.243 e. The van der Waals surface area contributed by atoms with Crippen molar-refractivity contribution in [2.24, 2.45) is 0 Å². The van der Waals surface area contributed by atoms with Gasteiger partial charge in [-0.25, -0.2) is 12.8 Å². The zero-order valence-corrected chi connectivity index (χ0v) is 22.0. The van der Waals surface area contributed by atoms with E-state index in [4.69, 9.17) is 0 Å². The molecule has 36 heavy (non-hydrogen) atoms. The zero-order chi connectivity index (χ0) is 25.7. The lowest BCUT2D eigenvalue weighted by molar-refractivity contribution is -0.132. The molecular weight excluding hydrogens is 495 g/mol. The van der Waals surface area contributed by atoms with Gasteiger partial charge in [0.15, 0.2) is 0 Å². The highest BCUT2D eigenvalue weighted by Crippen LogP contribution is 2.24. The molecule has 0 atom stereocenters. The monoisotopic (exact) mass is 524 g/mol. The summed E-state index contributed by atoms with van der Waals surface area (Å²) in [5.74, 6) is -0.647. The molecule has 5 nitrogen and oxygen atoms in total. The number of amides is 1. The summed E-state index contributed by atoms with van der Waals surface area (Å²) >= 11 is 1.56. The SMILES string of the molecule is CCCN(CC(=O)N(Cc1ccc(F)cc1)Cc1sccc1C)S(=O)(=O)c1ccc2ccccc2c1. The highest BCUT2D eigenvalue weighted by molar-refractivity contribution is 7.89. The Bertz CT molecular complexity index is 1450. The Kier molecular flexibility index (Phi) is 8.18. The third kappa shape index (κ3) is 6.00. The van der Waals surface area contributed by atoms with Crippen LogP contribution in [0.25, 0.3) is 10.8 Å². The van der Waals surface area contributed by atoms with Crippen LogP contribution in [-0.4, -0.2) is 36.6 Å². The van der Waals surface area contributed by atoms with Crippen molar-refractivity contribution in [3.05, 3.63) is 100.0 Å². The fourth-order valence-electron chi connectivity index (χ4n) is 4.04. The van der Waals surface area contributed by atoms with Gasteiger partial charge in [0.05, 0.1) is 18.0 Å². The lowest BCUT2D eigenvalue weighted by atomic mass is 10.1. The number of sulfonamides is 1. The summed E-state index contributed by atoms with van der Waals surface area (Å²) in [7, 11) is -3.89. The minimum atomic E-state index is -3.89. The number of halogens is 1. The second-order valence-corrected chi connectivity index (χ2v) is 11.7. The summed E-state index contributed by atoms with van der Waals surface area (Å²) < 4.78 is 41.9. The number of benzene rings is 3. The van der Waals surface area contributed by atoms with Crippen LogP contribution in [0.4, 0.5) is 4.39 Å². The van der Waals surface area contributed by atoms with E-state index in [1.165, 1.54) is 16.4 Å². The Balaban J connectivity index is 1.61. The molecule has 1 aromatic heterocycles. The van der Waals surface area contributed by atoms with Gasteiger partial charge >= 0.3 is 0 Å². The minimum Gasteiger partial charge on any atom is -0.332 e. The maximum absolute atomic E-state index is 13.6. The first-order chi connectivity index (χ1) is 17.3. The predicted molar refractivity (Wildman–Crippen MR) is 143 cm³/mol. The number of rotatable bonds is 10. The highest BCUT2D eigenvalue weighted by Gasteiger charge is 2.28. The molecule has 1 heterocycles. The van der Waals surface area contributed by atoms with E-state index in [9.17, 15) is 17.6 Å². The van der Waals surface area contributed by atoms with Crippen molar-refractivity contribution in [1.29, 1.82) is 0 Å². The van der Waals surface area contributed by atoms with Gasteiger partial charge < -0.3 is 4.90 Å². The van der Waals surface area contributed by atoms with E-state index in [-0.39, 0.29) is 36.3 Å². The number of nitrogens with zero attached hydrogens (tertiary/aromatic N) is 2. The van der Waals surface area contributed by atoms with Crippen molar-refractivity contribution in [2.75, 3.05) is 13.1 Å². The smallest absolute Gasteiger partial charge is 0.243 e. The van der Waals surface area contributed by atoms with Crippen LogP contribution in [0.3, 0.4) is 0 Å². The van der Waals surface area contributed by atoms with Crippen LogP contribution in [0, 0.1) is 12.7 Å². The molecule has 8 heteroatoms. The number of thiophene rings is 1. The first kappa shape index (κ1) is 26.0. The molecule has 0 spiro atoms.